The summed E-state index contributed by atoms with van der Waals surface area (Å²) < 4.78 is 3.70. The highest BCUT2D eigenvalue weighted by Crippen LogP contribution is 2.20. The Morgan fingerprint density at radius 3 is 2.21 bits per heavy atom. The van der Waals surface area contributed by atoms with E-state index in [1.54, 1.807) is 0 Å². The van der Waals surface area contributed by atoms with Crippen molar-refractivity contribution < 1.29 is 4.79 Å². The van der Waals surface area contributed by atoms with Gasteiger partial charge in [0.15, 0.2) is 0 Å². The third kappa shape index (κ3) is 2.44. The van der Waals surface area contributed by atoms with E-state index in [0.717, 1.165) is 22.7 Å². The molecule has 0 saturated heterocycles. The minimum atomic E-state index is -0.0328. The molecule has 0 aliphatic rings. The Labute approximate surface area is 114 Å². The molecule has 92 valence electrons. The van der Waals surface area contributed by atoms with Crippen LogP contribution < -0.4 is 0 Å². The van der Waals surface area contributed by atoms with Crippen LogP contribution in [0.15, 0.2) is 60.8 Å². The van der Waals surface area contributed by atoms with E-state index < -0.39 is 0 Å². The molecule has 0 N–H and O–H groups in total. The summed E-state index contributed by atoms with van der Waals surface area (Å²) in [5, 5.41) is 3.68. The maximum atomic E-state index is 12.1. The largest absolute Gasteiger partial charge is 0.288 e. The van der Waals surface area contributed by atoms with Crippen molar-refractivity contribution in [1.82, 2.24) is 9.59 Å². The summed E-state index contributed by atoms with van der Waals surface area (Å²) in [7, 11) is 0. The van der Waals surface area contributed by atoms with Gasteiger partial charge in [-0.2, -0.15) is 0 Å². The lowest BCUT2D eigenvalue weighted by Crippen LogP contribution is -1.98. The molecule has 4 heteroatoms. The van der Waals surface area contributed by atoms with Crippen molar-refractivity contribution in [2.24, 2.45) is 0 Å². The van der Waals surface area contributed by atoms with E-state index in [-0.39, 0.29) is 5.78 Å². The highest BCUT2D eigenvalue weighted by atomic mass is 32.1. The molecule has 0 unspecified atom stereocenters. The third-order valence-electron chi connectivity index (χ3n) is 2.84. The standard InChI is InChI=1S/C15H10N2OS/c18-15(14-10-16-17-19-14)13-8-6-12(7-9-13)11-4-2-1-3-5-11/h1-10H. The first-order valence-corrected chi connectivity index (χ1v) is 6.59. The molecule has 19 heavy (non-hydrogen) atoms. The van der Waals surface area contributed by atoms with Gasteiger partial charge in [0.2, 0.25) is 5.78 Å². The molecule has 0 fully saturated rings. The minimum absolute atomic E-state index is 0.0328. The van der Waals surface area contributed by atoms with Gasteiger partial charge in [-0.05, 0) is 22.7 Å². The highest BCUT2D eigenvalue weighted by molar-refractivity contribution is 7.08. The second-order valence-corrected chi connectivity index (χ2v) is 4.84. The van der Waals surface area contributed by atoms with Gasteiger partial charge in [0.05, 0.1) is 6.20 Å². The van der Waals surface area contributed by atoms with Crippen LogP contribution in [-0.2, 0) is 0 Å². The molecular formula is C15H10N2OS. The first-order chi connectivity index (χ1) is 9.34. The number of ketones is 1. The van der Waals surface area contributed by atoms with Crippen molar-refractivity contribution in [3.63, 3.8) is 0 Å². The zero-order valence-corrected chi connectivity index (χ0v) is 10.8. The lowest BCUT2D eigenvalue weighted by Gasteiger charge is -2.02. The average Bonchev–Trinajstić information content (AvgIpc) is 3.02. The smallest absolute Gasteiger partial charge is 0.206 e. The number of rotatable bonds is 3. The van der Waals surface area contributed by atoms with Gasteiger partial charge in [-0.15, -0.1) is 5.10 Å². The Morgan fingerprint density at radius 2 is 1.58 bits per heavy atom. The van der Waals surface area contributed by atoms with E-state index in [1.165, 1.54) is 6.20 Å². The fourth-order valence-electron chi connectivity index (χ4n) is 1.85. The number of aromatic nitrogens is 2. The van der Waals surface area contributed by atoms with Gasteiger partial charge >= 0.3 is 0 Å². The average molecular weight is 266 g/mol. The molecule has 0 saturated carbocycles. The zero-order valence-electron chi connectivity index (χ0n) is 9.98. The molecule has 0 spiro atoms. The maximum absolute atomic E-state index is 12.1. The van der Waals surface area contributed by atoms with E-state index in [9.17, 15) is 4.79 Å². The second-order valence-electron chi connectivity index (χ2n) is 4.05. The Morgan fingerprint density at radius 1 is 0.895 bits per heavy atom. The van der Waals surface area contributed by atoms with Crippen LogP contribution in [0, 0.1) is 0 Å². The minimum Gasteiger partial charge on any atom is -0.288 e. The molecule has 3 nitrogen and oxygen atoms in total. The van der Waals surface area contributed by atoms with E-state index >= 15 is 0 Å². The lowest BCUT2D eigenvalue weighted by atomic mass is 10.0. The topological polar surface area (TPSA) is 42.9 Å². The Balaban J connectivity index is 1.90. The fourth-order valence-corrected chi connectivity index (χ4v) is 2.33. The molecular weight excluding hydrogens is 256 g/mol. The fraction of sp³-hybridized carbons (Fsp3) is 0. The first kappa shape index (κ1) is 11.7. The van der Waals surface area contributed by atoms with Gasteiger partial charge < -0.3 is 0 Å². The normalized spacial score (nSPS) is 10.3. The van der Waals surface area contributed by atoms with E-state index in [0.29, 0.717) is 10.4 Å². The molecule has 3 aromatic rings. The quantitative estimate of drug-likeness (QED) is 0.682. The van der Waals surface area contributed by atoms with Crippen LogP contribution in [0.1, 0.15) is 15.2 Å². The summed E-state index contributed by atoms with van der Waals surface area (Å²) in [6.45, 7) is 0. The van der Waals surface area contributed by atoms with E-state index in [1.807, 2.05) is 54.6 Å². The molecule has 0 amide bonds. The molecule has 1 heterocycles. The summed E-state index contributed by atoms with van der Waals surface area (Å²) in [5.41, 5.74) is 2.89. The van der Waals surface area contributed by atoms with Crippen LogP contribution in [0.3, 0.4) is 0 Å². The predicted molar refractivity (Wildman–Crippen MR) is 75.2 cm³/mol. The highest BCUT2D eigenvalue weighted by Gasteiger charge is 2.11. The Hall–Kier alpha value is -2.33. The second kappa shape index (κ2) is 5.12. The number of benzene rings is 2. The Kier molecular flexibility index (Phi) is 3.16. The van der Waals surface area contributed by atoms with Crippen LogP contribution >= 0.6 is 11.5 Å². The molecule has 3 rings (SSSR count). The van der Waals surface area contributed by atoms with Gasteiger partial charge in [-0.1, -0.05) is 59.1 Å². The third-order valence-corrected chi connectivity index (χ3v) is 3.50. The van der Waals surface area contributed by atoms with Gasteiger partial charge in [0, 0.05) is 5.56 Å². The summed E-state index contributed by atoms with van der Waals surface area (Å²) in [5.74, 6) is -0.0328. The van der Waals surface area contributed by atoms with Crippen molar-refractivity contribution >= 4 is 17.3 Å². The van der Waals surface area contributed by atoms with Crippen molar-refractivity contribution in [2.45, 2.75) is 0 Å². The number of nitrogens with zero attached hydrogens (tertiary/aromatic N) is 2. The SMILES string of the molecule is O=C(c1ccc(-c2ccccc2)cc1)c1cnns1. The molecule has 2 aromatic carbocycles. The number of hydrogen-bond acceptors (Lipinski definition) is 4. The first-order valence-electron chi connectivity index (χ1n) is 5.82. The van der Waals surface area contributed by atoms with E-state index in [2.05, 4.69) is 9.59 Å². The van der Waals surface area contributed by atoms with Gasteiger partial charge in [-0.25, -0.2) is 0 Å². The van der Waals surface area contributed by atoms with Crippen molar-refractivity contribution in [2.75, 3.05) is 0 Å². The van der Waals surface area contributed by atoms with Crippen LogP contribution in [0.2, 0.25) is 0 Å². The maximum Gasteiger partial charge on any atom is 0.206 e. The monoisotopic (exact) mass is 266 g/mol. The summed E-state index contributed by atoms with van der Waals surface area (Å²) in [6.07, 6.45) is 1.50. The van der Waals surface area contributed by atoms with Gasteiger partial charge in [0.25, 0.3) is 0 Å². The summed E-state index contributed by atoms with van der Waals surface area (Å²) in [4.78, 5) is 12.6. The molecule has 0 aliphatic heterocycles. The van der Waals surface area contributed by atoms with Gasteiger partial charge in [-0.3, -0.25) is 4.79 Å². The zero-order chi connectivity index (χ0) is 13.1. The molecule has 0 atom stereocenters. The van der Waals surface area contributed by atoms with Crippen molar-refractivity contribution in [3.8, 4) is 11.1 Å². The molecule has 1 aromatic heterocycles. The van der Waals surface area contributed by atoms with Gasteiger partial charge in [0.1, 0.15) is 4.88 Å². The van der Waals surface area contributed by atoms with Crippen molar-refractivity contribution in [3.05, 3.63) is 71.2 Å². The van der Waals surface area contributed by atoms with Crippen molar-refractivity contribution in [1.29, 1.82) is 0 Å². The molecule has 0 aliphatic carbocycles. The Bertz CT molecular complexity index is 676. The summed E-state index contributed by atoms with van der Waals surface area (Å²) in [6, 6.07) is 17.7. The summed E-state index contributed by atoms with van der Waals surface area (Å²) >= 11 is 1.12. The number of hydrogen-bond donors (Lipinski definition) is 0. The van der Waals surface area contributed by atoms with Crippen LogP contribution in [0.4, 0.5) is 0 Å². The van der Waals surface area contributed by atoms with Crippen LogP contribution in [0.5, 0.6) is 0 Å². The molecule has 0 radical (unpaired) electrons. The molecule has 0 bridgehead atoms. The van der Waals surface area contributed by atoms with Crippen LogP contribution in [-0.4, -0.2) is 15.4 Å². The predicted octanol–water partition coefficient (Wildman–Crippen LogP) is 3.44. The number of carbonyl (C=O) groups excluding carboxylic acids is 1. The number of carbonyl (C=O) groups is 1. The lowest BCUT2D eigenvalue weighted by molar-refractivity contribution is 0.104. The van der Waals surface area contributed by atoms with E-state index in [4.69, 9.17) is 0 Å². The van der Waals surface area contributed by atoms with Crippen LogP contribution in [0.25, 0.3) is 11.1 Å².